The number of aromatic hydroxyl groups is 1. The van der Waals surface area contributed by atoms with Crippen LogP contribution in [0.1, 0.15) is 41.6 Å². The van der Waals surface area contributed by atoms with Gasteiger partial charge in [0.15, 0.2) is 17.2 Å². The maximum absolute atomic E-state index is 13.7. The lowest BCUT2D eigenvalue weighted by atomic mass is 9.54. The Labute approximate surface area is 222 Å². The summed E-state index contributed by atoms with van der Waals surface area (Å²) in [6.07, 6.45) is -3.26. The van der Waals surface area contributed by atoms with E-state index in [0.29, 0.717) is 12.1 Å². The van der Waals surface area contributed by atoms with Crippen LogP contribution >= 0.6 is 11.8 Å². The van der Waals surface area contributed by atoms with Crippen molar-refractivity contribution in [1.82, 2.24) is 4.90 Å². The Bertz CT molecular complexity index is 1240. The molecule has 0 aromatic heterocycles. The lowest BCUT2D eigenvalue weighted by Crippen LogP contribution is -2.67. The number of ether oxygens (including phenoxy) is 1. The van der Waals surface area contributed by atoms with Gasteiger partial charge >= 0.3 is 5.97 Å². The highest BCUT2D eigenvalue weighted by molar-refractivity contribution is 7.99. The third kappa shape index (κ3) is 3.93. The topological polar surface area (TPSA) is 188 Å². The molecule has 2 unspecified atom stereocenters. The quantitative estimate of drug-likeness (QED) is 0.251. The number of benzene rings is 1. The number of aliphatic hydroxyl groups excluding tert-OH is 2. The molecule has 204 valence electrons. The van der Waals surface area contributed by atoms with E-state index >= 15 is 0 Å². The Morgan fingerprint density at radius 1 is 1.26 bits per heavy atom. The number of hydrogen-bond donors (Lipinski definition) is 5. The third-order valence-corrected chi connectivity index (χ3v) is 9.40. The molecule has 1 amide bonds. The lowest BCUT2D eigenvalue weighted by Gasteiger charge is -2.53. The number of phenols is 1. The van der Waals surface area contributed by atoms with Crippen molar-refractivity contribution < 1.29 is 44.3 Å². The minimum absolute atomic E-state index is 0.0140. The maximum Gasteiger partial charge on any atom is 0.307 e. The number of esters is 1. The number of Topliss-reactive ketones (excluding diaryl/α,β-unsaturated/α-hetero) is 2. The summed E-state index contributed by atoms with van der Waals surface area (Å²) >= 11 is 1.74. The molecule has 7 atom stereocenters. The van der Waals surface area contributed by atoms with E-state index in [1.807, 2.05) is 0 Å². The number of primary amides is 1. The number of thioether (sulfide) groups is 1. The highest BCUT2D eigenvalue weighted by Crippen LogP contribution is 2.55. The molecule has 2 fully saturated rings. The molecule has 0 spiro atoms. The minimum Gasteiger partial charge on any atom is -0.508 e. The van der Waals surface area contributed by atoms with E-state index in [2.05, 4.69) is 4.90 Å². The standard InChI is InChI=1S/C26H30N2O9S/c1-11-12-3-2-4-14(29)18(12)21(32)20-17(11)22(37-16(31)5-6-28-7-8-38-10-28)13-9-15(30)19(25(27)35)23(33)26(13,36)24(20)34/h2-4,11,13,15,17,19,22,29-30,34,36H,5-10H2,1H3,(H2,27,35)/t11-,13+,15?,17+,19?,22+,26+/m0/s1. The van der Waals surface area contributed by atoms with Crippen molar-refractivity contribution in [2.45, 2.75) is 43.5 Å². The smallest absolute Gasteiger partial charge is 0.307 e. The molecular formula is C26H30N2O9S. The van der Waals surface area contributed by atoms with Crippen LogP contribution in [-0.4, -0.2) is 91.3 Å². The second-order valence-corrected chi connectivity index (χ2v) is 11.5. The van der Waals surface area contributed by atoms with Crippen LogP contribution in [0.25, 0.3) is 0 Å². The summed E-state index contributed by atoms with van der Waals surface area (Å²) in [5, 5.41) is 44.2. The van der Waals surface area contributed by atoms with Crippen molar-refractivity contribution in [2.75, 3.05) is 24.7 Å². The molecule has 6 N–H and O–H groups in total. The number of nitrogens with zero attached hydrogens (tertiary/aromatic N) is 1. The number of phenolic OH excluding ortho intramolecular Hbond substituents is 1. The summed E-state index contributed by atoms with van der Waals surface area (Å²) in [4.78, 5) is 54.3. The normalized spacial score (nSPS) is 34.9. The van der Waals surface area contributed by atoms with Gasteiger partial charge in [-0.2, -0.15) is 0 Å². The van der Waals surface area contributed by atoms with Crippen molar-refractivity contribution in [2.24, 2.45) is 23.5 Å². The zero-order valence-electron chi connectivity index (χ0n) is 20.7. The molecule has 1 saturated heterocycles. The van der Waals surface area contributed by atoms with Gasteiger partial charge in [0.25, 0.3) is 0 Å². The van der Waals surface area contributed by atoms with E-state index in [-0.39, 0.29) is 23.3 Å². The monoisotopic (exact) mass is 546 g/mol. The fraction of sp³-hybridized carbons (Fsp3) is 0.538. The number of nitrogens with two attached hydrogens (primary N) is 1. The van der Waals surface area contributed by atoms with Gasteiger partial charge in [-0.05, 0) is 24.0 Å². The number of fused-ring (bicyclic) bond motifs is 3. The van der Waals surface area contributed by atoms with Gasteiger partial charge in [0.1, 0.15) is 23.5 Å². The van der Waals surface area contributed by atoms with Crippen LogP contribution in [0.4, 0.5) is 0 Å². The second-order valence-electron chi connectivity index (χ2n) is 10.4. The molecule has 4 aliphatic rings. The van der Waals surface area contributed by atoms with E-state index in [9.17, 15) is 39.6 Å². The van der Waals surface area contributed by atoms with Crippen LogP contribution in [0, 0.1) is 17.8 Å². The Balaban J connectivity index is 1.61. The molecule has 12 heteroatoms. The average molecular weight is 547 g/mol. The highest BCUT2D eigenvalue weighted by atomic mass is 32.2. The molecule has 0 radical (unpaired) electrons. The SMILES string of the molecule is C[C@H]1c2cccc(O)c2C(=O)C2=C(O)[C@]3(O)C(=O)C(C(N)=O)C(O)C[C@@H]3[C@@H](OC(=O)CCN3CCSC3)[C@@H]21. The Morgan fingerprint density at radius 2 is 2.00 bits per heavy atom. The van der Waals surface area contributed by atoms with Crippen LogP contribution in [0.3, 0.4) is 0 Å². The molecule has 1 saturated carbocycles. The number of aliphatic hydroxyl groups is 3. The van der Waals surface area contributed by atoms with E-state index < -0.39 is 77.1 Å². The van der Waals surface area contributed by atoms with Crippen molar-refractivity contribution in [3.63, 3.8) is 0 Å². The summed E-state index contributed by atoms with van der Waals surface area (Å²) in [6, 6.07) is 4.51. The maximum atomic E-state index is 13.7. The van der Waals surface area contributed by atoms with E-state index in [0.717, 1.165) is 18.2 Å². The van der Waals surface area contributed by atoms with Crippen molar-refractivity contribution in [3.8, 4) is 5.75 Å². The van der Waals surface area contributed by atoms with Gasteiger partial charge in [-0.3, -0.25) is 24.1 Å². The zero-order chi connectivity index (χ0) is 27.5. The molecule has 3 aliphatic carbocycles. The van der Waals surface area contributed by atoms with Gasteiger partial charge in [-0.1, -0.05) is 19.1 Å². The first-order chi connectivity index (χ1) is 18.0. The Morgan fingerprint density at radius 3 is 2.66 bits per heavy atom. The molecule has 1 heterocycles. The second kappa shape index (κ2) is 9.67. The Kier molecular flexibility index (Phi) is 6.79. The van der Waals surface area contributed by atoms with Crippen molar-refractivity contribution in [1.29, 1.82) is 0 Å². The van der Waals surface area contributed by atoms with Crippen LogP contribution in [-0.2, 0) is 19.1 Å². The fourth-order valence-corrected chi connectivity index (χ4v) is 7.50. The minimum atomic E-state index is -2.81. The molecule has 1 aromatic carbocycles. The molecule has 5 rings (SSSR count). The number of hydrogen-bond acceptors (Lipinski definition) is 11. The number of ketones is 2. The first kappa shape index (κ1) is 26.7. The van der Waals surface area contributed by atoms with Crippen LogP contribution in [0.2, 0.25) is 0 Å². The lowest BCUT2D eigenvalue weighted by molar-refractivity contribution is -0.190. The predicted molar refractivity (Wildman–Crippen MR) is 134 cm³/mol. The summed E-state index contributed by atoms with van der Waals surface area (Å²) < 4.78 is 5.89. The molecule has 38 heavy (non-hydrogen) atoms. The zero-order valence-corrected chi connectivity index (χ0v) is 21.5. The number of carbonyl (C=O) groups excluding carboxylic acids is 4. The van der Waals surface area contributed by atoms with Crippen molar-refractivity contribution in [3.05, 3.63) is 40.7 Å². The largest absolute Gasteiger partial charge is 0.508 e. The molecule has 0 bridgehead atoms. The number of rotatable bonds is 5. The first-order valence-corrected chi connectivity index (χ1v) is 13.7. The van der Waals surface area contributed by atoms with Crippen LogP contribution in [0.15, 0.2) is 29.5 Å². The molecular weight excluding hydrogens is 516 g/mol. The summed E-state index contributed by atoms with van der Waals surface area (Å²) in [6.45, 7) is 2.99. The van der Waals surface area contributed by atoms with Crippen LogP contribution in [0.5, 0.6) is 5.75 Å². The Hall–Kier alpha value is -2.93. The fourth-order valence-electron chi connectivity index (χ4n) is 6.47. The van der Waals surface area contributed by atoms with Gasteiger partial charge in [0.2, 0.25) is 5.91 Å². The third-order valence-electron chi connectivity index (χ3n) is 8.38. The van der Waals surface area contributed by atoms with Gasteiger partial charge in [-0.15, -0.1) is 11.8 Å². The summed E-state index contributed by atoms with van der Waals surface area (Å²) in [5.74, 6) is -8.26. The van der Waals surface area contributed by atoms with E-state index in [4.69, 9.17) is 10.5 Å². The van der Waals surface area contributed by atoms with Gasteiger partial charge in [0, 0.05) is 42.1 Å². The van der Waals surface area contributed by atoms with Gasteiger partial charge < -0.3 is 30.9 Å². The number of amides is 1. The summed E-state index contributed by atoms with van der Waals surface area (Å²) in [5.41, 5.74) is 2.52. The highest BCUT2D eigenvalue weighted by Gasteiger charge is 2.67. The average Bonchev–Trinajstić information content (AvgIpc) is 3.38. The van der Waals surface area contributed by atoms with Crippen molar-refractivity contribution >= 4 is 35.2 Å². The van der Waals surface area contributed by atoms with E-state index in [1.54, 1.807) is 30.8 Å². The molecule has 11 nitrogen and oxygen atoms in total. The summed E-state index contributed by atoms with van der Waals surface area (Å²) in [7, 11) is 0. The van der Waals surface area contributed by atoms with E-state index in [1.165, 1.54) is 6.07 Å². The molecule has 1 aromatic rings. The predicted octanol–water partition coefficient (Wildman–Crippen LogP) is 0.225. The molecule has 1 aliphatic heterocycles. The van der Waals surface area contributed by atoms with Gasteiger partial charge in [0.05, 0.1) is 18.1 Å². The van der Waals surface area contributed by atoms with Crippen LogP contribution < -0.4 is 5.73 Å². The first-order valence-electron chi connectivity index (χ1n) is 12.5. The van der Waals surface area contributed by atoms with Gasteiger partial charge in [-0.25, -0.2) is 0 Å². The number of carbonyl (C=O) groups is 4.